The number of benzene rings is 1. The van der Waals surface area contributed by atoms with E-state index in [1.807, 2.05) is 4.72 Å². The summed E-state index contributed by atoms with van der Waals surface area (Å²) in [7, 11) is -2.72. The molecule has 328 valence electrons. The SMILES string of the molecule is COc1ccc2nc3c(nc2c1)O[C@@H]1C[C@@H](C(=O)C[C@]2(C(=O)NS(=O)(=O)C4CC4)C[C@H]2C(F)F)N(C1)C(=O)[C@H](C(C)(C)C)CC(=O)O[C@@H]1C[C@@H]2C[C@@H]2[C@H]1CCCCC3(F)F. The normalized spacial score (nSPS) is 33.1. The van der Waals surface area contributed by atoms with Crippen LogP contribution in [0.1, 0.15) is 104 Å². The van der Waals surface area contributed by atoms with Crippen molar-refractivity contribution in [1.82, 2.24) is 19.6 Å². The van der Waals surface area contributed by atoms with Crippen LogP contribution in [-0.4, -0.2) is 90.4 Å². The maximum Gasteiger partial charge on any atom is 0.306 e. The minimum Gasteiger partial charge on any atom is -0.497 e. The highest BCUT2D eigenvalue weighted by Crippen LogP contribution is 2.60. The monoisotopic (exact) mass is 864 g/mol. The Bertz CT molecular complexity index is 2180. The lowest BCUT2D eigenvalue weighted by atomic mass is 9.77. The van der Waals surface area contributed by atoms with E-state index in [9.17, 15) is 36.4 Å². The molecule has 18 heteroatoms. The summed E-state index contributed by atoms with van der Waals surface area (Å²) in [6.45, 7) is 4.93. The number of ether oxygens (including phenoxy) is 3. The second-order valence-corrected chi connectivity index (χ2v) is 21.0. The first kappa shape index (κ1) is 42.6. The molecule has 0 spiro atoms. The average molecular weight is 865 g/mol. The van der Waals surface area contributed by atoms with E-state index in [-0.39, 0.29) is 42.8 Å². The van der Waals surface area contributed by atoms with Gasteiger partial charge in [-0.3, -0.25) is 23.9 Å². The Morgan fingerprint density at radius 3 is 2.43 bits per heavy atom. The highest BCUT2D eigenvalue weighted by molar-refractivity contribution is 7.90. The van der Waals surface area contributed by atoms with Gasteiger partial charge in [-0.1, -0.05) is 27.2 Å². The lowest BCUT2D eigenvalue weighted by molar-refractivity contribution is -0.158. The molecule has 1 saturated heterocycles. The van der Waals surface area contributed by atoms with Crippen LogP contribution in [0.15, 0.2) is 18.2 Å². The van der Waals surface area contributed by atoms with E-state index < -0.39 is 123 Å². The number of carbonyl (C=O) groups is 4. The molecular weight excluding hydrogens is 813 g/mol. The van der Waals surface area contributed by atoms with E-state index in [1.165, 1.54) is 24.1 Å². The number of sulfonamides is 1. The molecule has 2 aliphatic heterocycles. The Hall–Kier alpha value is -4.09. The Labute approximate surface area is 346 Å². The number of aromatic nitrogens is 2. The number of rotatable bonds is 8. The molecule has 1 aromatic carbocycles. The minimum absolute atomic E-state index is 0.00538. The summed E-state index contributed by atoms with van der Waals surface area (Å²) >= 11 is 0. The number of amides is 2. The van der Waals surface area contributed by atoms with Crippen LogP contribution in [0.25, 0.3) is 11.0 Å². The van der Waals surface area contributed by atoms with E-state index in [1.54, 1.807) is 26.8 Å². The van der Waals surface area contributed by atoms with E-state index >= 15 is 8.78 Å². The van der Waals surface area contributed by atoms with Crippen molar-refractivity contribution in [2.45, 2.75) is 134 Å². The maximum absolute atomic E-state index is 16.4. The minimum atomic E-state index is -4.16. The van der Waals surface area contributed by atoms with Crippen molar-refractivity contribution in [3.63, 3.8) is 0 Å². The molecular formula is C42H52F4N4O9S. The van der Waals surface area contributed by atoms with Crippen molar-refractivity contribution in [1.29, 1.82) is 0 Å². The number of Topliss-reactive ketones (excluding diaryl/α,β-unsaturated/α-hetero) is 1. The highest BCUT2D eigenvalue weighted by atomic mass is 32.2. The van der Waals surface area contributed by atoms with Crippen molar-refractivity contribution in [2.75, 3.05) is 13.7 Å². The molecule has 2 amide bonds. The summed E-state index contributed by atoms with van der Waals surface area (Å²) in [5.74, 6) is -8.87. The summed E-state index contributed by atoms with van der Waals surface area (Å²) in [4.78, 5) is 66.5. The molecule has 5 fully saturated rings. The number of esters is 1. The topological polar surface area (TPSA) is 171 Å². The first-order valence-electron chi connectivity index (χ1n) is 21.0. The number of halogens is 4. The van der Waals surface area contributed by atoms with Gasteiger partial charge in [0.25, 0.3) is 5.92 Å². The van der Waals surface area contributed by atoms with Gasteiger partial charge in [-0.25, -0.2) is 27.2 Å². The first-order chi connectivity index (χ1) is 28.2. The number of methoxy groups -OCH3 is 1. The van der Waals surface area contributed by atoms with E-state index in [0.717, 1.165) is 6.42 Å². The lowest BCUT2D eigenvalue weighted by Gasteiger charge is -2.35. The Morgan fingerprint density at radius 2 is 1.77 bits per heavy atom. The predicted octanol–water partition coefficient (Wildman–Crippen LogP) is 6.11. The second-order valence-electron chi connectivity index (χ2n) is 19.0. The molecule has 3 heterocycles. The molecule has 1 N–H and O–H groups in total. The van der Waals surface area contributed by atoms with Crippen LogP contribution >= 0.6 is 0 Å². The van der Waals surface area contributed by atoms with Crippen LogP contribution in [0, 0.1) is 40.4 Å². The number of nitrogens with zero attached hydrogens (tertiary/aromatic N) is 3. The summed E-state index contributed by atoms with van der Waals surface area (Å²) in [5.41, 5.74) is -3.31. The summed E-state index contributed by atoms with van der Waals surface area (Å²) in [6, 6.07) is 3.15. The molecule has 4 aliphatic carbocycles. The van der Waals surface area contributed by atoms with Gasteiger partial charge >= 0.3 is 5.97 Å². The van der Waals surface area contributed by atoms with Gasteiger partial charge in [0.2, 0.25) is 34.1 Å². The summed E-state index contributed by atoms with van der Waals surface area (Å²) in [6.07, 6.45) is -3.69. The van der Waals surface area contributed by atoms with Gasteiger partial charge in [0.15, 0.2) is 11.5 Å². The Kier molecular flexibility index (Phi) is 10.9. The molecule has 9 atom stereocenters. The molecule has 2 aromatic rings. The predicted molar refractivity (Wildman–Crippen MR) is 206 cm³/mol. The molecule has 0 radical (unpaired) electrons. The largest absolute Gasteiger partial charge is 0.497 e. The average Bonchev–Trinajstić information content (AvgIpc) is 4.11. The van der Waals surface area contributed by atoms with Gasteiger partial charge in [0.05, 0.1) is 53.7 Å². The smallest absolute Gasteiger partial charge is 0.306 e. The van der Waals surface area contributed by atoms with Crippen molar-refractivity contribution in [2.24, 2.45) is 40.4 Å². The van der Waals surface area contributed by atoms with E-state index in [2.05, 4.69) is 9.97 Å². The number of ketones is 1. The summed E-state index contributed by atoms with van der Waals surface area (Å²) < 4.78 is 106. The molecule has 6 aliphatic rings. The van der Waals surface area contributed by atoms with Gasteiger partial charge < -0.3 is 19.1 Å². The van der Waals surface area contributed by atoms with Crippen molar-refractivity contribution in [3.05, 3.63) is 23.9 Å². The van der Waals surface area contributed by atoms with Crippen LogP contribution < -0.4 is 14.2 Å². The first-order valence-corrected chi connectivity index (χ1v) is 22.5. The molecule has 60 heavy (non-hydrogen) atoms. The van der Waals surface area contributed by atoms with Crippen molar-refractivity contribution < 1.29 is 59.4 Å². The van der Waals surface area contributed by atoms with Crippen molar-refractivity contribution in [3.8, 4) is 11.6 Å². The third-order valence-corrected chi connectivity index (χ3v) is 15.6. The van der Waals surface area contributed by atoms with Crippen LogP contribution in [0.2, 0.25) is 0 Å². The maximum atomic E-state index is 16.4. The number of hydrogen-bond donors (Lipinski definition) is 1. The highest BCUT2D eigenvalue weighted by Gasteiger charge is 2.66. The van der Waals surface area contributed by atoms with Crippen LogP contribution in [0.4, 0.5) is 17.6 Å². The zero-order valence-corrected chi connectivity index (χ0v) is 35.0. The molecule has 13 nitrogen and oxygen atoms in total. The van der Waals surface area contributed by atoms with Gasteiger partial charge in [-0.05, 0) is 80.2 Å². The fourth-order valence-corrected chi connectivity index (χ4v) is 11.3. The third-order valence-electron chi connectivity index (χ3n) is 13.8. The number of hydrogen-bond acceptors (Lipinski definition) is 11. The Morgan fingerprint density at radius 1 is 1.02 bits per heavy atom. The second kappa shape index (κ2) is 15.4. The van der Waals surface area contributed by atoms with Gasteiger partial charge in [-0.15, -0.1) is 0 Å². The molecule has 0 unspecified atom stereocenters. The number of carbonyl (C=O) groups excluding carboxylic acids is 4. The van der Waals surface area contributed by atoms with Crippen LogP contribution in [0.5, 0.6) is 11.6 Å². The number of fused-ring (bicyclic) bond motifs is 7. The van der Waals surface area contributed by atoms with E-state index in [4.69, 9.17) is 14.2 Å². The quantitative estimate of drug-likeness (QED) is 0.240. The fourth-order valence-electron chi connectivity index (χ4n) is 9.93. The Balaban J connectivity index is 1.16. The number of alkyl halides is 4. The molecule has 8 rings (SSSR count). The van der Waals surface area contributed by atoms with Crippen LogP contribution in [0.3, 0.4) is 0 Å². The lowest BCUT2D eigenvalue weighted by Crippen LogP contribution is -2.49. The zero-order valence-electron chi connectivity index (χ0n) is 34.1. The van der Waals surface area contributed by atoms with Gasteiger partial charge in [0, 0.05) is 31.2 Å². The zero-order chi connectivity index (χ0) is 43.1. The standard InChI is InChI=1S/C42H52F4N4O9S/c1-40(2,3)27-17-34(52)59-33-14-21-13-26(21)25(33)7-5-6-12-42(45,46)35-37(48-30-15-22(57-4)8-11-29(30)47-35)58-23-16-31(50(20-23)38(27)53)32(51)19-41(18-28(41)36(43)44)39(54)49-60(55,56)24-9-10-24/h8,11,15,21,23-28,31,33,36H,5-7,9-10,12-14,16-20H2,1-4H3,(H,49,54)/t21-,23+,25+,26-,27+,28-,31-,33+,41+/m0/s1. The fraction of sp³-hybridized carbons (Fsp3) is 0.714. The van der Waals surface area contributed by atoms with Crippen molar-refractivity contribution >= 4 is 44.6 Å². The molecule has 4 saturated carbocycles. The van der Waals surface area contributed by atoms with E-state index in [0.29, 0.717) is 49.7 Å². The molecule has 2 bridgehead atoms. The van der Waals surface area contributed by atoms with Crippen LogP contribution in [-0.2, 0) is 39.9 Å². The van der Waals surface area contributed by atoms with Gasteiger partial charge in [-0.2, -0.15) is 8.78 Å². The third kappa shape index (κ3) is 8.29. The molecule has 1 aromatic heterocycles. The number of nitrogens with one attached hydrogen (secondary N) is 1. The summed E-state index contributed by atoms with van der Waals surface area (Å²) in [5, 5.41) is -0.833. The van der Waals surface area contributed by atoms with Gasteiger partial charge in [0.1, 0.15) is 18.0 Å².